The molecule has 0 aromatic carbocycles. The summed E-state index contributed by atoms with van der Waals surface area (Å²) in [4.78, 5) is 13.8. The van der Waals surface area contributed by atoms with Gasteiger partial charge in [-0.3, -0.25) is 0 Å². The SMILES string of the molecule is CC(C)(N)CCNCCCOC1CCN(C(=O)OC(C)(C)C)CC1. The van der Waals surface area contributed by atoms with Gasteiger partial charge in [-0.25, -0.2) is 4.79 Å². The molecule has 1 aliphatic rings. The Morgan fingerprint density at radius 1 is 1.17 bits per heavy atom. The van der Waals surface area contributed by atoms with E-state index in [1.54, 1.807) is 4.90 Å². The monoisotopic (exact) mass is 343 g/mol. The van der Waals surface area contributed by atoms with Gasteiger partial charge in [0, 0.05) is 25.2 Å². The van der Waals surface area contributed by atoms with Gasteiger partial charge in [0.05, 0.1) is 6.10 Å². The van der Waals surface area contributed by atoms with Crippen molar-refractivity contribution in [1.82, 2.24) is 10.2 Å². The molecule has 1 fully saturated rings. The summed E-state index contributed by atoms with van der Waals surface area (Å²) in [6, 6.07) is 0. The van der Waals surface area contributed by atoms with Gasteiger partial charge in [0.2, 0.25) is 0 Å². The average molecular weight is 344 g/mol. The standard InChI is InChI=1S/C18H37N3O3/c1-17(2,3)24-16(22)21-12-7-15(8-13-21)23-14-6-10-20-11-9-18(4,5)19/h15,20H,6-14,19H2,1-5H3. The quantitative estimate of drug-likeness (QED) is 0.662. The molecular formula is C18H37N3O3. The lowest BCUT2D eigenvalue weighted by Crippen LogP contribution is -2.43. The van der Waals surface area contributed by atoms with Crippen LogP contribution in [-0.4, -0.2) is 61.0 Å². The van der Waals surface area contributed by atoms with Crippen molar-refractivity contribution in [2.24, 2.45) is 5.73 Å². The number of ether oxygens (including phenoxy) is 2. The molecule has 0 aromatic heterocycles. The van der Waals surface area contributed by atoms with Gasteiger partial charge in [0.25, 0.3) is 0 Å². The van der Waals surface area contributed by atoms with Gasteiger partial charge in [-0.15, -0.1) is 0 Å². The minimum Gasteiger partial charge on any atom is -0.444 e. The number of hydrogen-bond acceptors (Lipinski definition) is 5. The Balaban J connectivity index is 2.05. The zero-order valence-electron chi connectivity index (χ0n) is 16.2. The number of amides is 1. The molecule has 0 spiro atoms. The molecule has 142 valence electrons. The highest BCUT2D eigenvalue weighted by molar-refractivity contribution is 5.68. The molecule has 0 atom stereocenters. The van der Waals surface area contributed by atoms with Crippen molar-refractivity contribution < 1.29 is 14.3 Å². The van der Waals surface area contributed by atoms with Crippen LogP contribution in [-0.2, 0) is 9.47 Å². The molecular weight excluding hydrogens is 306 g/mol. The van der Waals surface area contributed by atoms with Crippen LogP contribution in [0.1, 0.15) is 60.3 Å². The van der Waals surface area contributed by atoms with Gasteiger partial charge in [-0.05, 0) is 73.4 Å². The van der Waals surface area contributed by atoms with Crippen LogP contribution < -0.4 is 11.1 Å². The third kappa shape index (κ3) is 10.1. The molecule has 1 saturated heterocycles. The summed E-state index contributed by atoms with van der Waals surface area (Å²) in [5.41, 5.74) is 5.40. The topological polar surface area (TPSA) is 76.8 Å². The van der Waals surface area contributed by atoms with E-state index in [1.165, 1.54) is 0 Å². The normalized spacial score (nSPS) is 17.2. The predicted molar refractivity (Wildman–Crippen MR) is 97.2 cm³/mol. The molecule has 0 aromatic rings. The predicted octanol–water partition coefficient (Wildman–Crippen LogP) is 2.51. The Morgan fingerprint density at radius 3 is 2.33 bits per heavy atom. The van der Waals surface area contributed by atoms with Gasteiger partial charge in [-0.1, -0.05) is 0 Å². The second kappa shape index (κ2) is 9.59. The molecule has 6 nitrogen and oxygen atoms in total. The van der Waals surface area contributed by atoms with Crippen LogP contribution in [0.5, 0.6) is 0 Å². The molecule has 3 N–H and O–H groups in total. The molecule has 1 amide bonds. The molecule has 0 radical (unpaired) electrons. The lowest BCUT2D eigenvalue weighted by atomic mass is 10.0. The zero-order valence-corrected chi connectivity index (χ0v) is 16.2. The van der Waals surface area contributed by atoms with Crippen LogP contribution >= 0.6 is 0 Å². The number of carbonyl (C=O) groups excluding carboxylic acids is 1. The minimum atomic E-state index is -0.434. The zero-order chi connectivity index (χ0) is 18.2. The van der Waals surface area contributed by atoms with E-state index in [4.69, 9.17) is 15.2 Å². The van der Waals surface area contributed by atoms with Gasteiger partial charge in [0.15, 0.2) is 0 Å². The Labute approximate surface area is 147 Å². The number of rotatable bonds is 8. The maximum atomic E-state index is 12.0. The molecule has 0 saturated carbocycles. The van der Waals surface area contributed by atoms with Crippen LogP contribution in [0.25, 0.3) is 0 Å². The summed E-state index contributed by atoms with van der Waals surface area (Å²) >= 11 is 0. The molecule has 1 rings (SSSR count). The van der Waals surface area contributed by atoms with Gasteiger partial charge >= 0.3 is 6.09 Å². The fourth-order valence-corrected chi connectivity index (χ4v) is 2.51. The van der Waals surface area contributed by atoms with Crippen molar-refractivity contribution in [3.05, 3.63) is 0 Å². The molecule has 0 bridgehead atoms. The van der Waals surface area contributed by atoms with Crippen molar-refractivity contribution in [1.29, 1.82) is 0 Å². The first-order chi connectivity index (χ1) is 11.1. The van der Waals surface area contributed by atoms with Gasteiger partial charge < -0.3 is 25.4 Å². The third-order valence-electron chi connectivity index (χ3n) is 3.89. The van der Waals surface area contributed by atoms with E-state index in [-0.39, 0.29) is 17.7 Å². The summed E-state index contributed by atoms with van der Waals surface area (Å²) in [7, 11) is 0. The highest BCUT2D eigenvalue weighted by Crippen LogP contribution is 2.17. The third-order valence-corrected chi connectivity index (χ3v) is 3.89. The molecule has 24 heavy (non-hydrogen) atoms. The Kier molecular flexibility index (Phi) is 8.46. The van der Waals surface area contributed by atoms with Gasteiger partial charge in [-0.2, -0.15) is 0 Å². The van der Waals surface area contributed by atoms with E-state index in [9.17, 15) is 4.79 Å². The Bertz CT molecular complexity index is 367. The Morgan fingerprint density at radius 2 is 1.79 bits per heavy atom. The average Bonchev–Trinajstić information content (AvgIpc) is 2.44. The maximum Gasteiger partial charge on any atom is 0.410 e. The number of piperidine rings is 1. The fourth-order valence-electron chi connectivity index (χ4n) is 2.51. The lowest BCUT2D eigenvalue weighted by Gasteiger charge is -2.33. The number of carbonyl (C=O) groups is 1. The number of nitrogens with two attached hydrogens (primary N) is 1. The van der Waals surface area contributed by atoms with E-state index in [0.29, 0.717) is 13.1 Å². The smallest absolute Gasteiger partial charge is 0.410 e. The summed E-state index contributed by atoms with van der Waals surface area (Å²) in [5, 5.41) is 3.39. The summed E-state index contributed by atoms with van der Waals surface area (Å²) in [6.45, 7) is 13.8. The number of hydrogen-bond donors (Lipinski definition) is 2. The maximum absolute atomic E-state index is 12.0. The van der Waals surface area contributed by atoms with E-state index >= 15 is 0 Å². The fraction of sp³-hybridized carbons (Fsp3) is 0.944. The van der Waals surface area contributed by atoms with E-state index in [1.807, 2.05) is 34.6 Å². The van der Waals surface area contributed by atoms with Crippen molar-refractivity contribution in [3.8, 4) is 0 Å². The molecule has 1 aliphatic heterocycles. The Hall–Kier alpha value is -0.850. The highest BCUT2D eigenvalue weighted by Gasteiger charge is 2.26. The molecule has 6 heteroatoms. The highest BCUT2D eigenvalue weighted by atomic mass is 16.6. The summed E-state index contributed by atoms with van der Waals surface area (Å²) < 4.78 is 11.3. The first-order valence-electron chi connectivity index (χ1n) is 9.16. The van der Waals surface area contributed by atoms with Crippen molar-refractivity contribution in [2.45, 2.75) is 77.5 Å². The van der Waals surface area contributed by atoms with Crippen molar-refractivity contribution >= 4 is 6.09 Å². The van der Waals surface area contributed by atoms with Crippen LogP contribution in [0.4, 0.5) is 4.79 Å². The van der Waals surface area contributed by atoms with Crippen molar-refractivity contribution in [2.75, 3.05) is 32.8 Å². The first-order valence-corrected chi connectivity index (χ1v) is 9.16. The second-order valence-electron chi connectivity index (χ2n) is 8.38. The lowest BCUT2D eigenvalue weighted by molar-refractivity contribution is -0.0117. The number of likely N-dealkylation sites (tertiary alicyclic amines) is 1. The summed E-state index contributed by atoms with van der Waals surface area (Å²) in [5.74, 6) is 0. The van der Waals surface area contributed by atoms with E-state index in [0.717, 1.165) is 45.4 Å². The second-order valence-corrected chi connectivity index (χ2v) is 8.38. The number of nitrogens with one attached hydrogen (secondary N) is 1. The largest absolute Gasteiger partial charge is 0.444 e. The van der Waals surface area contributed by atoms with Crippen LogP contribution in [0.3, 0.4) is 0 Å². The first kappa shape index (κ1) is 21.2. The van der Waals surface area contributed by atoms with Crippen LogP contribution in [0, 0.1) is 0 Å². The molecule has 0 aliphatic carbocycles. The van der Waals surface area contributed by atoms with Crippen LogP contribution in [0.2, 0.25) is 0 Å². The molecule has 0 unspecified atom stereocenters. The molecule has 1 heterocycles. The van der Waals surface area contributed by atoms with Crippen molar-refractivity contribution in [3.63, 3.8) is 0 Å². The number of nitrogens with zero attached hydrogens (tertiary/aromatic N) is 1. The van der Waals surface area contributed by atoms with Crippen LogP contribution in [0.15, 0.2) is 0 Å². The van der Waals surface area contributed by atoms with E-state index in [2.05, 4.69) is 5.32 Å². The summed E-state index contributed by atoms with van der Waals surface area (Å²) in [6.07, 6.45) is 3.77. The van der Waals surface area contributed by atoms with Gasteiger partial charge in [0.1, 0.15) is 5.60 Å². The van der Waals surface area contributed by atoms with E-state index < -0.39 is 5.60 Å². The minimum absolute atomic E-state index is 0.106.